The molecule has 0 aliphatic carbocycles. The lowest BCUT2D eigenvalue weighted by Gasteiger charge is -2.40. The number of thioether (sulfide) groups is 1. The van der Waals surface area contributed by atoms with Crippen LogP contribution < -0.4 is 14.5 Å². The molecule has 1 spiro atoms. The van der Waals surface area contributed by atoms with Crippen molar-refractivity contribution in [1.82, 2.24) is 4.90 Å². The Kier molecular flexibility index (Phi) is 8.24. The summed E-state index contributed by atoms with van der Waals surface area (Å²) in [5.74, 6) is -1.54. The Morgan fingerprint density at radius 1 is 0.833 bits per heavy atom. The number of fused-ring (bicyclic) bond motifs is 2. The van der Waals surface area contributed by atoms with Gasteiger partial charge >= 0.3 is 0 Å². The molecule has 0 aromatic heterocycles. The summed E-state index contributed by atoms with van der Waals surface area (Å²) in [4.78, 5) is 50.3. The van der Waals surface area contributed by atoms with Gasteiger partial charge in [-0.1, -0.05) is 72.8 Å². The molecule has 1 unspecified atom stereocenters. The summed E-state index contributed by atoms with van der Waals surface area (Å²) in [5.41, 5.74) is 4.19. The second-order valence-electron chi connectivity index (χ2n) is 13.2. The number of carbonyl (C=O) groups excluding carboxylic acids is 3. The van der Waals surface area contributed by atoms with E-state index in [0.29, 0.717) is 25.4 Å². The van der Waals surface area contributed by atoms with Gasteiger partial charge in [0.1, 0.15) is 11.8 Å². The zero-order valence-electron chi connectivity index (χ0n) is 27.7. The highest BCUT2D eigenvalue weighted by Crippen LogP contribution is 2.66. The van der Waals surface area contributed by atoms with Gasteiger partial charge in [0.2, 0.25) is 11.8 Å². The van der Waals surface area contributed by atoms with Crippen molar-refractivity contribution in [1.29, 1.82) is 0 Å². The number of aliphatic hydroxyl groups is 1. The smallest absolute Gasteiger partial charge is 0.251 e. The summed E-state index contributed by atoms with van der Waals surface area (Å²) in [7, 11) is 0. The second kappa shape index (κ2) is 12.3. The Morgan fingerprint density at radius 3 is 2.17 bits per heavy atom. The van der Waals surface area contributed by atoms with Crippen LogP contribution in [0.2, 0.25) is 0 Å². The lowest BCUT2D eigenvalue weighted by molar-refractivity contribution is -0.142. The SMILES string of the molecule is CCOc1ccc(N2CC=C[C@@]3(C)S[C@]45C=CCN(c6c(C)cccc6C)C(=O)C4N([C@H](CO)c4ccccc4)C(=O)[C@@H]5[C@H]3C2=O)cc1. The number of hydrogen-bond donors (Lipinski definition) is 1. The minimum absolute atomic E-state index is 0.160. The maximum absolute atomic E-state index is 15.2. The molecule has 0 saturated carbocycles. The highest BCUT2D eigenvalue weighted by atomic mass is 32.2. The molecule has 2 fully saturated rings. The van der Waals surface area contributed by atoms with Gasteiger partial charge in [-0.2, -0.15) is 0 Å². The van der Waals surface area contributed by atoms with E-state index in [4.69, 9.17) is 4.74 Å². The van der Waals surface area contributed by atoms with Crippen LogP contribution >= 0.6 is 11.8 Å². The zero-order chi connectivity index (χ0) is 33.8. The predicted octanol–water partition coefficient (Wildman–Crippen LogP) is 5.63. The van der Waals surface area contributed by atoms with Crippen molar-refractivity contribution in [3.05, 3.63) is 114 Å². The van der Waals surface area contributed by atoms with Gasteiger partial charge in [0.25, 0.3) is 5.91 Å². The van der Waals surface area contributed by atoms with Crippen LogP contribution in [0.1, 0.15) is 36.6 Å². The maximum Gasteiger partial charge on any atom is 0.251 e. The summed E-state index contributed by atoms with van der Waals surface area (Å²) in [5, 5.41) is 10.9. The van der Waals surface area contributed by atoms with E-state index in [2.05, 4.69) is 6.08 Å². The number of anilines is 2. The number of likely N-dealkylation sites (tertiary alicyclic amines) is 1. The average molecular weight is 664 g/mol. The molecule has 248 valence electrons. The third-order valence-electron chi connectivity index (χ3n) is 10.4. The molecule has 8 nitrogen and oxygen atoms in total. The van der Waals surface area contributed by atoms with Crippen molar-refractivity contribution in [3.8, 4) is 5.75 Å². The molecule has 4 aliphatic rings. The molecular weight excluding hydrogens is 623 g/mol. The fraction of sp³-hybridized carbons (Fsp3) is 0.359. The molecule has 4 heterocycles. The quantitative estimate of drug-likeness (QED) is 0.330. The number of carbonyl (C=O) groups is 3. The predicted molar refractivity (Wildman–Crippen MR) is 189 cm³/mol. The lowest BCUT2D eigenvalue weighted by atomic mass is 9.74. The molecule has 1 N–H and O–H groups in total. The van der Waals surface area contributed by atoms with Gasteiger partial charge in [0, 0.05) is 29.2 Å². The van der Waals surface area contributed by atoms with E-state index in [0.717, 1.165) is 28.1 Å². The van der Waals surface area contributed by atoms with Crippen molar-refractivity contribution < 1.29 is 24.2 Å². The van der Waals surface area contributed by atoms with E-state index >= 15 is 9.59 Å². The van der Waals surface area contributed by atoms with Crippen LogP contribution in [0, 0.1) is 25.7 Å². The first-order valence-electron chi connectivity index (χ1n) is 16.6. The molecule has 48 heavy (non-hydrogen) atoms. The summed E-state index contributed by atoms with van der Waals surface area (Å²) in [6, 6.07) is 21.0. The normalized spacial score (nSPS) is 28.6. The molecule has 4 aliphatic heterocycles. The molecular formula is C39H41N3O5S. The summed E-state index contributed by atoms with van der Waals surface area (Å²) in [6.45, 7) is 8.79. The van der Waals surface area contributed by atoms with Gasteiger partial charge in [0.05, 0.1) is 35.8 Å². The first kappa shape index (κ1) is 32.2. The Balaban J connectivity index is 1.38. The first-order valence-corrected chi connectivity index (χ1v) is 17.4. The Labute approximate surface area is 286 Å². The van der Waals surface area contributed by atoms with Crippen LogP contribution in [0.5, 0.6) is 5.75 Å². The van der Waals surface area contributed by atoms with Gasteiger partial charge in [-0.15, -0.1) is 11.8 Å². The average Bonchev–Trinajstić information content (AvgIpc) is 3.35. The molecule has 3 aromatic rings. The fourth-order valence-corrected chi connectivity index (χ4v) is 10.5. The largest absolute Gasteiger partial charge is 0.494 e. The minimum atomic E-state index is -1.05. The van der Waals surface area contributed by atoms with Crippen molar-refractivity contribution >= 4 is 40.9 Å². The number of rotatable bonds is 7. The standard InChI is InChI=1S/C39H41N3O5S/c1-5-47-29-18-16-28(17-19-29)40-22-10-20-38(4)31(35(40)44)32-36(45)42(30(24-43)27-14-7-6-8-15-27)34-37(46)41(23-11-21-39(32,34)48-38)33-25(2)12-9-13-26(33)3/h6-21,30-32,34,43H,5,22-24H2,1-4H3/t30-,31+,32+,34?,38-,39+/m1/s1. The number of para-hydroxylation sites is 1. The Bertz CT molecular complexity index is 1790. The van der Waals surface area contributed by atoms with E-state index in [1.807, 2.05) is 119 Å². The number of amides is 3. The van der Waals surface area contributed by atoms with Crippen LogP contribution in [-0.2, 0) is 14.4 Å². The van der Waals surface area contributed by atoms with E-state index < -0.39 is 33.4 Å². The molecule has 0 radical (unpaired) electrons. The number of nitrogens with zero attached hydrogens (tertiary/aromatic N) is 3. The van der Waals surface area contributed by atoms with Crippen LogP contribution in [0.25, 0.3) is 0 Å². The number of hydrogen-bond acceptors (Lipinski definition) is 6. The van der Waals surface area contributed by atoms with Gasteiger partial charge < -0.3 is 24.5 Å². The van der Waals surface area contributed by atoms with E-state index in [-0.39, 0.29) is 24.3 Å². The van der Waals surface area contributed by atoms with Crippen LogP contribution in [0.15, 0.2) is 97.1 Å². The minimum Gasteiger partial charge on any atom is -0.494 e. The molecule has 3 amide bonds. The van der Waals surface area contributed by atoms with Gasteiger partial charge in [-0.05, 0) is 68.7 Å². The van der Waals surface area contributed by atoms with E-state index in [1.165, 1.54) is 0 Å². The summed E-state index contributed by atoms with van der Waals surface area (Å²) in [6.07, 6.45) is 8.08. The van der Waals surface area contributed by atoms with E-state index in [9.17, 15) is 9.90 Å². The third kappa shape index (κ3) is 4.89. The zero-order valence-corrected chi connectivity index (χ0v) is 28.5. The van der Waals surface area contributed by atoms with Crippen LogP contribution in [0.4, 0.5) is 11.4 Å². The van der Waals surface area contributed by atoms with Crippen LogP contribution in [0.3, 0.4) is 0 Å². The lowest BCUT2D eigenvalue weighted by Crippen LogP contribution is -2.55. The van der Waals surface area contributed by atoms with Crippen molar-refractivity contribution in [2.75, 3.05) is 36.1 Å². The van der Waals surface area contributed by atoms with Gasteiger partial charge in [-0.3, -0.25) is 14.4 Å². The molecule has 6 atom stereocenters. The molecule has 2 saturated heterocycles. The van der Waals surface area contributed by atoms with E-state index in [1.54, 1.807) is 26.5 Å². The van der Waals surface area contributed by atoms with Gasteiger partial charge in [0.15, 0.2) is 0 Å². The fourth-order valence-electron chi connectivity index (χ4n) is 8.38. The van der Waals surface area contributed by atoms with Crippen molar-refractivity contribution in [3.63, 3.8) is 0 Å². The number of aryl methyl sites for hydroxylation is 2. The molecule has 9 heteroatoms. The number of benzene rings is 3. The van der Waals surface area contributed by atoms with Crippen molar-refractivity contribution in [2.24, 2.45) is 11.8 Å². The summed E-state index contributed by atoms with van der Waals surface area (Å²) >= 11 is 1.54. The maximum atomic E-state index is 15.2. The number of aliphatic hydroxyl groups excluding tert-OH is 1. The Hall–Kier alpha value is -4.34. The third-order valence-corrected chi connectivity index (χ3v) is 12.2. The highest BCUT2D eigenvalue weighted by Gasteiger charge is 2.74. The van der Waals surface area contributed by atoms with Crippen LogP contribution in [-0.4, -0.2) is 69.6 Å². The topological polar surface area (TPSA) is 90.4 Å². The Morgan fingerprint density at radius 2 is 1.50 bits per heavy atom. The first-order chi connectivity index (χ1) is 23.1. The summed E-state index contributed by atoms with van der Waals surface area (Å²) < 4.78 is 3.82. The number of ether oxygens (including phenoxy) is 1. The van der Waals surface area contributed by atoms with Gasteiger partial charge in [-0.25, -0.2) is 0 Å². The molecule has 0 bridgehead atoms. The monoisotopic (exact) mass is 663 g/mol. The molecule has 3 aromatic carbocycles. The second-order valence-corrected chi connectivity index (χ2v) is 15.0. The molecule has 7 rings (SSSR count). The highest BCUT2D eigenvalue weighted by molar-refractivity contribution is 8.02. The van der Waals surface area contributed by atoms with Crippen molar-refractivity contribution in [2.45, 2.75) is 49.3 Å².